The minimum Gasteiger partial charge on any atom is -0.508 e. The summed E-state index contributed by atoms with van der Waals surface area (Å²) < 4.78 is 0. The van der Waals surface area contributed by atoms with Crippen molar-refractivity contribution in [1.29, 1.82) is 0 Å². The van der Waals surface area contributed by atoms with Gasteiger partial charge >= 0.3 is 0 Å². The van der Waals surface area contributed by atoms with E-state index in [1.165, 1.54) is 12.8 Å². The van der Waals surface area contributed by atoms with Crippen LogP contribution in [0.2, 0.25) is 0 Å². The summed E-state index contributed by atoms with van der Waals surface area (Å²) in [4.78, 5) is 30.0. The molecule has 1 aliphatic heterocycles. The summed E-state index contributed by atoms with van der Waals surface area (Å²) in [6, 6.07) is 13.7. The number of β-amino-alcohol motifs (C(OH)–C–C–N with tert-alkyl or cyclic N) is 1. The first-order valence-corrected chi connectivity index (χ1v) is 15.7. The zero-order valence-electron chi connectivity index (χ0n) is 24.4. The number of likely N-dealkylation sites (tertiary alicyclic amines) is 1. The standard InChI is InChI=1S/C32H45N3O5S/c1-21-25(14-9-15-28(21)37)30(39)33-26(19-41-24-12-5-4-6-13-24)29(38)18-35-17-23-11-8-7-10-22(23)16-27(35)31(40)34-32(2,3)20-36/h4-6,9,12-15,22-23,26-27,29,36-38H,7-8,10-11,16-20H2,1-3H3,(H,33,39)(H,34,40)/t22-,23+,26-,27?,29+/m0/s1. The number of piperidine rings is 1. The predicted molar refractivity (Wildman–Crippen MR) is 162 cm³/mol. The van der Waals surface area contributed by atoms with Gasteiger partial charge in [-0.05, 0) is 69.7 Å². The maximum absolute atomic E-state index is 13.5. The summed E-state index contributed by atoms with van der Waals surface area (Å²) >= 11 is 1.55. The van der Waals surface area contributed by atoms with Gasteiger partial charge in [-0.15, -0.1) is 11.8 Å². The highest BCUT2D eigenvalue weighted by Gasteiger charge is 2.42. The molecule has 2 fully saturated rings. The second-order valence-electron chi connectivity index (χ2n) is 12.3. The number of carbonyl (C=O) groups excluding carboxylic acids is 2. The van der Waals surface area contributed by atoms with Crippen LogP contribution in [0.5, 0.6) is 5.75 Å². The van der Waals surface area contributed by atoms with Gasteiger partial charge in [0.1, 0.15) is 5.75 Å². The van der Waals surface area contributed by atoms with E-state index >= 15 is 0 Å². The highest BCUT2D eigenvalue weighted by atomic mass is 32.2. The van der Waals surface area contributed by atoms with Crippen LogP contribution in [0, 0.1) is 18.8 Å². The molecule has 9 heteroatoms. The van der Waals surface area contributed by atoms with Crippen LogP contribution in [-0.2, 0) is 4.79 Å². The monoisotopic (exact) mass is 583 g/mol. The molecule has 41 heavy (non-hydrogen) atoms. The fraction of sp³-hybridized carbons (Fsp3) is 0.562. The molecule has 2 aliphatic rings. The number of hydrogen-bond donors (Lipinski definition) is 5. The van der Waals surface area contributed by atoms with Gasteiger partial charge in [0.2, 0.25) is 5.91 Å². The van der Waals surface area contributed by atoms with E-state index in [4.69, 9.17) is 0 Å². The van der Waals surface area contributed by atoms with E-state index in [2.05, 4.69) is 15.5 Å². The molecule has 0 bridgehead atoms. The molecule has 1 heterocycles. The molecule has 1 saturated heterocycles. The summed E-state index contributed by atoms with van der Waals surface area (Å²) in [5.74, 6) is 0.943. The van der Waals surface area contributed by atoms with Crippen LogP contribution in [-0.4, -0.2) is 81.2 Å². The molecule has 1 unspecified atom stereocenters. The van der Waals surface area contributed by atoms with Crippen molar-refractivity contribution >= 4 is 23.6 Å². The van der Waals surface area contributed by atoms with E-state index in [0.29, 0.717) is 28.7 Å². The summed E-state index contributed by atoms with van der Waals surface area (Å²) in [5, 5.41) is 37.6. The highest BCUT2D eigenvalue weighted by molar-refractivity contribution is 7.99. The molecular formula is C32H45N3O5S. The summed E-state index contributed by atoms with van der Waals surface area (Å²) in [7, 11) is 0. The molecule has 0 spiro atoms. The van der Waals surface area contributed by atoms with Gasteiger partial charge in [-0.1, -0.05) is 43.5 Å². The Hall–Kier alpha value is -2.59. The van der Waals surface area contributed by atoms with Crippen molar-refractivity contribution in [2.45, 2.75) is 81.5 Å². The molecule has 1 aliphatic carbocycles. The lowest BCUT2D eigenvalue weighted by Crippen LogP contribution is -2.61. The summed E-state index contributed by atoms with van der Waals surface area (Å²) in [6.07, 6.45) is 4.39. The molecule has 1 saturated carbocycles. The lowest BCUT2D eigenvalue weighted by molar-refractivity contribution is -0.133. The molecule has 2 amide bonds. The third-order valence-corrected chi connectivity index (χ3v) is 9.72. The van der Waals surface area contributed by atoms with Crippen molar-refractivity contribution in [2.75, 3.05) is 25.4 Å². The zero-order valence-corrected chi connectivity index (χ0v) is 25.2. The van der Waals surface area contributed by atoms with Crippen molar-refractivity contribution in [3.8, 4) is 5.75 Å². The van der Waals surface area contributed by atoms with Crippen molar-refractivity contribution in [3.63, 3.8) is 0 Å². The average molecular weight is 584 g/mol. The molecule has 0 radical (unpaired) electrons. The van der Waals surface area contributed by atoms with E-state index in [0.717, 1.165) is 30.7 Å². The number of rotatable bonds is 11. The van der Waals surface area contributed by atoms with Crippen molar-refractivity contribution in [2.24, 2.45) is 11.8 Å². The van der Waals surface area contributed by atoms with Gasteiger partial charge in [0.05, 0.1) is 30.3 Å². The summed E-state index contributed by atoms with van der Waals surface area (Å²) in [6.45, 7) is 6.08. The maximum Gasteiger partial charge on any atom is 0.252 e. The fourth-order valence-electron chi connectivity index (χ4n) is 6.07. The average Bonchev–Trinajstić information content (AvgIpc) is 2.96. The van der Waals surface area contributed by atoms with Crippen LogP contribution in [0.3, 0.4) is 0 Å². The molecule has 0 aromatic heterocycles. The van der Waals surface area contributed by atoms with Crippen LogP contribution < -0.4 is 10.6 Å². The second-order valence-corrected chi connectivity index (χ2v) is 13.4. The minimum atomic E-state index is -0.936. The number of nitrogens with one attached hydrogen (secondary N) is 2. The van der Waals surface area contributed by atoms with Crippen LogP contribution in [0.15, 0.2) is 53.4 Å². The second kappa shape index (κ2) is 14.1. The number of aliphatic hydroxyl groups is 2. The predicted octanol–water partition coefficient (Wildman–Crippen LogP) is 3.72. The number of carbonyl (C=O) groups is 2. The van der Waals surface area contributed by atoms with Gasteiger partial charge in [-0.3, -0.25) is 14.5 Å². The Kier molecular flexibility index (Phi) is 10.7. The first-order chi connectivity index (χ1) is 19.6. The molecular weight excluding hydrogens is 538 g/mol. The topological polar surface area (TPSA) is 122 Å². The van der Waals surface area contributed by atoms with Gasteiger partial charge in [-0.25, -0.2) is 0 Å². The third kappa shape index (κ3) is 8.25. The Morgan fingerprint density at radius 3 is 2.49 bits per heavy atom. The number of benzene rings is 2. The number of amides is 2. The van der Waals surface area contributed by atoms with Crippen LogP contribution in [0.25, 0.3) is 0 Å². The van der Waals surface area contributed by atoms with Crippen LogP contribution in [0.1, 0.15) is 61.9 Å². The van der Waals surface area contributed by atoms with E-state index in [1.807, 2.05) is 30.3 Å². The molecule has 5 N–H and O–H groups in total. The number of phenolic OH excluding ortho intramolecular Hbond substituents is 1. The Labute approximate surface area is 247 Å². The zero-order chi connectivity index (χ0) is 29.6. The Morgan fingerprint density at radius 1 is 1.07 bits per heavy atom. The first-order valence-electron chi connectivity index (χ1n) is 14.7. The minimum absolute atomic E-state index is 0.0448. The third-order valence-electron chi connectivity index (χ3n) is 8.59. The normalized spacial score (nSPS) is 22.8. The molecule has 2 aromatic carbocycles. The largest absolute Gasteiger partial charge is 0.508 e. The number of fused-ring (bicyclic) bond motifs is 1. The van der Waals surface area contributed by atoms with Crippen molar-refractivity contribution < 1.29 is 24.9 Å². The molecule has 5 atom stereocenters. The maximum atomic E-state index is 13.5. The number of hydrogen-bond acceptors (Lipinski definition) is 7. The van der Waals surface area contributed by atoms with Crippen molar-refractivity contribution in [3.05, 3.63) is 59.7 Å². The molecule has 2 aromatic rings. The number of nitrogens with zero attached hydrogens (tertiary/aromatic N) is 1. The van der Waals surface area contributed by atoms with E-state index < -0.39 is 23.7 Å². The Bertz CT molecular complexity index is 1180. The number of thioether (sulfide) groups is 1. The first kappa shape index (κ1) is 31.3. The Balaban J connectivity index is 1.54. The molecule has 4 rings (SSSR count). The number of aromatic hydroxyl groups is 1. The van der Waals surface area contributed by atoms with E-state index in [1.54, 1.807) is 50.7 Å². The highest BCUT2D eigenvalue weighted by Crippen LogP contribution is 2.39. The fourth-order valence-corrected chi connectivity index (χ4v) is 7.09. The van der Waals surface area contributed by atoms with Crippen LogP contribution in [0.4, 0.5) is 0 Å². The summed E-state index contributed by atoms with van der Waals surface area (Å²) in [5.41, 5.74) is 0.0992. The lowest BCUT2D eigenvalue weighted by atomic mass is 9.72. The number of aliphatic hydroxyl groups excluding tert-OH is 2. The quantitative estimate of drug-likeness (QED) is 0.256. The van der Waals surface area contributed by atoms with Crippen molar-refractivity contribution in [1.82, 2.24) is 15.5 Å². The van der Waals surface area contributed by atoms with E-state index in [9.17, 15) is 24.9 Å². The smallest absolute Gasteiger partial charge is 0.252 e. The SMILES string of the molecule is Cc1c(O)cccc1C(=O)N[C@@H](CSc1ccccc1)[C@H](O)CN1C[C@H]2CCCC[C@H]2CC1C(=O)NC(C)(C)CO. The molecule has 8 nitrogen and oxygen atoms in total. The van der Waals surface area contributed by atoms with Gasteiger partial charge in [-0.2, -0.15) is 0 Å². The Morgan fingerprint density at radius 2 is 1.78 bits per heavy atom. The van der Waals surface area contributed by atoms with Gasteiger partial charge < -0.3 is 26.0 Å². The van der Waals surface area contributed by atoms with Gasteiger partial charge in [0.15, 0.2) is 0 Å². The van der Waals surface area contributed by atoms with Gasteiger partial charge in [0.25, 0.3) is 5.91 Å². The van der Waals surface area contributed by atoms with Crippen LogP contribution >= 0.6 is 11.8 Å². The lowest BCUT2D eigenvalue weighted by Gasteiger charge is -2.47. The number of phenols is 1. The van der Waals surface area contributed by atoms with Gasteiger partial charge in [0, 0.05) is 34.9 Å². The van der Waals surface area contributed by atoms with E-state index in [-0.39, 0.29) is 30.7 Å². The molecule has 224 valence electrons.